The molecule has 25 heavy (non-hydrogen) atoms. The molecule has 0 aliphatic carbocycles. The van der Waals surface area contributed by atoms with E-state index in [0.717, 1.165) is 16.9 Å². The summed E-state index contributed by atoms with van der Waals surface area (Å²) in [6.45, 7) is 4.35. The van der Waals surface area contributed by atoms with Gasteiger partial charge in [0.05, 0.1) is 18.0 Å². The van der Waals surface area contributed by atoms with E-state index in [-0.39, 0.29) is 11.4 Å². The van der Waals surface area contributed by atoms with Gasteiger partial charge in [0, 0.05) is 5.56 Å². The molecule has 0 aliphatic rings. The third-order valence-corrected chi connectivity index (χ3v) is 3.65. The maximum atomic E-state index is 13.8. The number of anilines is 1. The van der Waals surface area contributed by atoms with Crippen molar-refractivity contribution in [2.24, 2.45) is 0 Å². The van der Waals surface area contributed by atoms with Crippen molar-refractivity contribution in [3.05, 3.63) is 65.6 Å². The SMILES string of the molecule is CCOc1ccc(-c2cc(C(=O)Nc3cc(C)ccc3F)[nH]n2)cc1. The summed E-state index contributed by atoms with van der Waals surface area (Å²) in [5.41, 5.74) is 2.72. The standard InChI is InChI=1S/C19H18FN3O2/c1-3-25-14-7-5-13(6-8-14)16-11-18(23-22-16)19(24)21-17-10-12(2)4-9-15(17)20/h4-11H,3H2,1-2H3,(H,21,24)(H,22,23). The first-order chi connectivity index (χ1) is 12.1. The zero-order valence-corrected chi connectivity index (χ0v) is 14.0. The normalized spacial score (nSPS) is 10.5. The van der Waals surface area contributed by atoms with Gasteiger partial charge in [-0.05, 0) is 61.9 Å². The minimum atomic E-state index is -0.481. The van der Waals surface area contributed by atoms with Gasteiger partial charge in [-0.25, -0.2) is 4.39 Å². The number of hydrogen-bond acceptors (Lipinski definition) is 3. The first kappa shape index (κ1) is 16.7. The Kier molecular flexibility index (Phi) is 4.79. The second-order valence-electron chi connectivity index (χ2n) is 5.56. The summed E-state index contributed by atoms with van der Waals surface area (Å²) in [6, 6.07) is 13.6. The molecule has 0 saturated heterocycles. The Labute approximate surface area is 144 Å². The molecular weight excluding hydrogens is 321 g/mol. The van der Waals surface area contributed by atoms with Gasteiger partial charge in [-0.2, -0.15) is 5.10 Å². The van der Waals surface area contributed by atoms with Crippen molar-refractivity contribution in [2.75, 3.05) is 11.9 Å². The number of rotatable bonds is 5. The number of aromatic amines is 1. The summed E-state index contributed by atoms with van der Waals surface area (Å²) in [5, 5.41) is 9.38. The van der Waals surface area contributed by atoms with Gasteiger partial charge in [-0.15, -0.1) is 0 Å². The van der Waals surface area contributed by atoms with Crippen molar-refractivity contribution in [1.82, 2.24) is 10.2 Å². The van der Waals surface area contributed by atoms with Crippen LogP contribution in [0.5, 0.6) is 5.75 Å². The van der Waals surface area contributed by atoms with Crippen LogP contribution >= 0.6 is 0 Å². The summed E-state index contributed by atoms with van der Waals surface area (Å²) < 4.78 is 19.2. The Morgan fingerprint density at radius 3 is 2.68 bits per heavy atom. The molecule has 0 saturated carbocycles. The lowest BCUT2D eigenvalue weighted by molar-refractivity contribution is 0.102. The van der Waals surface area contributed by atoms with Gasteiger partial charge in [-0.1, -0.05) is 6.07 Å². The van der Waals surface area contributed by atoms with Gasteiger partial charge in [0.1, 0.15) is 17.3 Å². The topological polar surface area (TPSA) is 67.0 Å². The van der Waals surface area contributed by atoms with Crippen LogP contribution in [0.2, 0.25) is 0 Å². The highest BCUT2D eigenvalue weighted by molar-refractivity contribution is 6.03. The van der Waals surface area contributed by atoms with Crippen LogP contribution < -0.4 is 10.1 Å². The van der Waals surface area contributed by atoms with Crippen LogP contribution in [0.4, 0.5) is 10.1 Å². The number of nitrogens with one attached hydrogen (secondary N) is 2. The number of hydrogen-bond donors (Lipinski definition) is 2. The molecule has 0 bridgehead atoms. The Morgan fingerprint density at radius 1 is 1.20 bits per heavy atom. The van der Waals surface area contributed by atoms with Crippen molar-refractivity contribution in [3.8, 4) is 17.0 Å². The van der Waals surface area contributed by atoms with Gasteiger partial charge in [0.15, 0.2) is 0 Å². The fourth-order valence-electron chi connectivity index (χ4n) is 2.40. The van der Waals surface area contributed by atoms with Gasteiger partial charge >= 0.3 is 0 Å². The van der Waals surface area contributed by atoms with Crippen molar-refractivity contribution >= 4 is 11.6 Å². The molecule has 1 heterocycles. The fourth-order valence-corrected chi connectivity index (χ4v) is 2.40. The predicted octanol–water partition coefficient (Wildman–Crippen LogP) is 4.18. The Bertz CT molecular complexity index is 888. The van der Waals surface area contributed by atoms with E-state index in [2.05, 4.69) is 15.5 Å². The minimum Gasteiger partial charge on any atom is -0.494 e. The monoisotopic (exact) mass is 339 g/mol. The maximum absolute atomic E-state index is 13.8. The van der Waals surface area contributed by atoms with E-state index in [0.29, 0.717) is 12.3 Å². The molecule has 0 atom stereocenters. The van der Waals surface area contributed by atoms with E-state index < -0.39 is 11.7 Å². The summed E-state index contributed by atoms with van der Waals surface area (Å²) in [7, 11) is 0. The molecule has 2 aromatic carbocycles. The molecule has 3 rings (SSSR count). The number of benzene rings is 2. The van der Waals surface area contributed by atoms with Crippen molar-refractivity contribution in [3.63, 3.8) is 0 Å². The molecule has 5 nitrogen and oxygen atoms in total. The van der Waals surface area contributed by atoms with Crippen LogP contribution in [0, 0.1) is 12.7 Å². The number of carbonyl (C=O) groups excluding carboxylic acids is 1. The molecule has 128 valence electrons. The van der Waals surface area contributed by atoms with Crippen molar-refractivity contribution in [2.45, 2.75) is 13.8 Å². The molecule has 2 N–H and O–H groups in total. The second kappa shape index (κ2) is 7.17. The lowest BCUT2D eigenvalue weighted by Gasteiger charge is -2.05. The molecule has 0 spiro atoms. The van der Waals surface area contributed by atoms with E-state index in [1.165, 1.54) is 6.07 Å². The fraction of sp³-hybridized carbons (Fsp3) is 0.158. The van der Waals surface area contributed by atoms with E-state index in [1.54, 1.807) is 18.2 Å². The quantitative estimate of drug-likeness (QED) is 0.733. The summed E-state index contributed by atoms with van der Waals surface area (Å²) in [4.78, 5) is 12.3. The first-order valence-electron chi connectivity index (χ1n) is 7.93. The minimum absolute atomic E-state index is 0.141. The third kappa shape index (κ3) is 3.85. The van der Waals surface area contributed by atoms with Crippen LogP contribution in [0.15, 0.2) is 48.5 Å². The second-order valence-corrected chi connectivity index (χ2v) is 5.56. The highest BCUT2D eigenvalue weighted by Crippen LogP contribution is 2.22. The molecular formula is C19H18FN3O2. The number of aromatic nitrogens is 2. The largest absolute Gasteiger partial charge is 0.494 e. The highest BCUT2D eigenvalue weighted by Gasteiger charge is 2.13. The number of aryl methyl sites for hydroxylation is 1. The van der Waals surface area contributed by atoms with E-state index >= 15 is 0 Å². The number of carbonyl (C=O) groups is 1. The first-order valence-corrected chi connectivity index (χ1v) is 7.93. The average molecular weight is 339 g/mol. The lowest BCUT2D eigenvalue weighted by atomic mass is 10.1. The average Bonchev–Trinajstić information content (AvgIpc) is 3.09. The van der Waals surface area contributed by atoms with Crippen LogP contribution in [0.25, 0.3) is 11.3 Å². The third-order valence-electron chi connectivity index (χ3n) is 3.65. The zero-order chi connectivity index (χ0) is 17.8. The Morgan fingerprint density at radius 2 is 1.96 bits per heavy atom. The molecule has 6 heteroatoms. The smallest absolute Gasteiger partial charge is 0.273 e. The molecule has 0 radical (unpaired) electrons. The maximum Gasteiger partial charge on any atom is 0.273 e. The van der Waals surface area contributed by atoms with Gasteiger partial charge in [-0.3, -0.25) is 9.89 Å². The number of nitrogens with zero attached hydrogens (tertiary/aromatic N) is 1. The Balaban J connectivity index is 1.76. The van der Waals surface area contributed by atoms with Crippen LogP contribution in [-0.4, -0.2) is 22.7 Å². The summed E-state index contributed by atoms with van der Waals surface area (Å²) >= 11 is 0. The van der Waals surface area contributed by atoms with Crippen LogP contribution in [0.3, 0.4) is 0 Å². The molecule has 0 aliphatic heterocycles. The van der Waals surface area contributed by atoms with Crippen molar-refractivity contribution < 1.29 is 13.9 Å². The molecule has 0 unspecified atom stereocenters. The van der Waals surface area contributed by atoms with Crippen molar-refractivity contribution in [1.29, 1.82) is 0 Å². The lowest BCUT2D eigenvalue weighted by Crippen LogP contribution is -2.13. The van der Waals surface area contributed by atoms with Gasteiger partial charge in [0.2, 0.25) is 0 Å². The number of halogens is 1. The van der Waals surface area contributed by atoms with Crippen LogP contribution in [-0.2, 0) is 0 Å². The Hall–Kier alpha value is -3.15. The van der Waals surface area contributed by atoms with E-state index in [4.69, 9.17) is 4.74 Å². The van der Waals surface area contributed by atoms with E-state index in [1.807, 2.05) is 38.1 Å². The zero-order valence-electron chi connectivity index (χ0n) is 14.0. The van der Waals surface area contributed by atoms with Gasteiger partial charge < -0.3 is 10.1 Å². The number of amides is 1. The molecule has 1 amide bonds. The van der Waals surface area contributed by atoms with E-state index in [9.17, 15) is 9.18 Å². The molecule has 1 aromatic heterocycles. The summed E-state index contributed by atoms with van der Waals surface area (Å²) in [5.74, 6) is -0.158. The predicted molar refractivity (Wildman–Crippen MR) is 94.3 cm³/mol. The summed E-state index contributed by atoms with van der Waals surface area (Å²) in [6.07, 6.45) is 0. The number of ether oxygens (including phenoxy) is 1. The highest BCUT2D eigenvalue weighted by atomic mass is 19.1. The van der Waals surface area contributed by atoms with Crippen LogP contribution in [0.1, 0.15) is 23.0 Å². The number of H-pyrrole nitrogens is 1. The van der Waals surface area contributed by atoms with Gasteiger partial charge in [0.25, 0.3) is 5.91 Å². The molecule has 0 fully saturated rings. The molecule has 3 aromatic rings.